The molecule has 11 atom stereocenters. The first-order valence-electron chi connectivity index (χ1n) is 44.9. The van der Waals surface area contributed by atoms with Gasteiger partial charge in [-0.2, -0.15) is 0 Å². The van der Waals surface area contributed by atoms with Crippen molar-refractivity contribution in [2.24, 2.45) is 47.2 Å². The largest absolute Gasteiger partial charge is 0.449 e. The summed E-state index contributed by atoms with van der Waals surface area (Å²) in [4.78, 5) is 176. The number of hydrogen-bond donors (Lipinski definition) is 7. The van der Waals surface area contributed by atoms with E-state index < -0.39 is 119 Å². The van der Waals surface area contributed by atoms with Gasteiger partial charge in [-0.1, -0.05) is 201 Å². The van der Waals surface area contributed by atoms with Crippen LogP contribution in [0.25, 0.3) is 22.3 Å². The van der Waals surface area contributed by atoms with Crippen molar-refractivity contribution in [3.63, 3.8) is 0 Å². The molecule has 10 rings (SSSR count). The highest BCUT2D eigenvalue weighted by Gasteiger charge is 2.45. The first-order valence-corrected chi connectivity index (χ1v) is 45.8. The van der Waals surface area contributed by atoms with Crippen molar-refractivity contribution in [3.8, 4) is 22.3 Å². The first kappa shape index (κ1) is 98.7. The molecular formula is C100H128N10O17S. The molecule has 28 heteroatoms. The number of urea groups is 1. The number of carbonyl (C=O) groups is 12. The van der Waals surface area contributed by atoms with Crippen molar-refractivity contribution in [2.45, 2.75) is 212 Å². The molecule has 8 N–H and O–H groups in total. The molecule has 3 aliphatic rings. The fraction of sp³-hybridized carbons (Fsp3) is 0.490. The Kier molecular flexibility index (Phi) is 36.6. The predicted octanol–water partition coefficient (Wildman–Crippen LogP) is 15.2. The number of nitrogens with one attached hydrogen (secondary N) is 6. The lowest BCUT2D eigenvalue weighted by Gasteiger charge is -2.41. The SMILES string of the molecule is CC[C@H](C)[C@@H]([C@@H](CC(=O)N1CCC[C@H]1[C@H](OC)[C@@H](C)C(=O)C[C@@H](Cc1ccccc1)c1nccs1)OC)N(C)C(=O)[C@@H](CC(=O)C(C)(C)NC(=O)OCc1ccc(NC(=O)[C@H](CCCNC(N)=O)CC(=O)[C@@H](NC(=O)[C@H](CCCCNC(=O)OCC2c3ccccc3-c3ccccc32)CC(=O)CNC(=O)OCC2c3ccccc3-c3ccccc32)C(C)C)cc1)C(C)C. The third kappa shape index (κ3) is 26.6. The van der Waals surface area contributed by atoms with E-state index >= 15 is 0 Å². The number of aromatic nitrogens is 1. The second-order valence-electron chi connectivity index (χ2n) is 35.4. The van der Waals surface area contributed by atoms with Crippen LogP contribution in [0.4, 0.5) is 24.9 Å². The van der Waals surface area contributed by atoms with Crippen molar-refractivity contribution in [2.75, 3.05) is 66.0 Å². The summed E-state index contributed by atoms with van der Waals surface area (Å²) in [6.45, 7) is 16.3. The maximum Gasteiger partial charge on any atom is 0.408 e. The Hall–Kier alpha value is -11.5. The number of unbranched alkanes of at least 4 members (excludes halogenated alkanes) is 1. The van der Waals surface area contributed by atoms with Crippen LogP contribution >= 0.6 is 11.3 Å². The third-order valence-electron chi connectivity index (χ3n) is 25.5. The number of Topliss-reactive ketones (excluding diaryl/α,β-unsaturated/α-hetero) is 4. The van der Waals surface area contributed by atoms with Gasteiger partial charge in [0.25, 0.3) is 0 Å². The zero-order chi connectivity index (χ0) is 92.3. The third-order valence-corrected chi connectivity index (χ3v) is 26.5. The number of rotatable bonds is 49. The smallest absolute Gasteiger partial charge is 0.408 e. The van der Waals surface area contributed by atoms with Crippen LogP contribution in [0.2, 0.25) is 0 Å². The molecule has 2 heterocycles. The highest BCUT2D eigenvalue weighted by molar-refractivity contribution is 7.09. The molecule has 9 amide bonds. The highest BCUT2D eigenvalue weighted by Crippen LogP contribution is 2.46. The summed E-state index contributed by atoms with van der Waals surface area (Å²) in [5, 5.41) is 19.2. The number of nitrogens with zero attached hydrogens (tertiary/aromatic N) is 3. The number of ketones is 4. The maximum absolute atomic E-state index is 15.0. The van der Waals surface area contributed by atoms with Crippen LogP contribution in [0.15, 0.2) is 163 Å². The van der Waals surface area contributed by atoms with Gasteiger partial charge in [-0.15, -0.1) is 11.3 Å². The van der Waals surface area contributed by atoms with E-state index in [0.717, 1.165) is 55.1 Å². The number of ether oxygens (including phenoxy) is 5. The number of amides is 9. The van der Waals surface area contributed by atoms with Gasteiger partial charge < -0.3 is 71.1 Å². The van der Waals surface area contributed by atoms with Gasteiger partial charge in [-0.3, -0.25) is 38.4 Å². The molecule has 2 aliphatic carbocycles. The number of alkyl carbamates (subject to hydrolysis) is 3. The summed E-state index contributed by atoms with van der Waals surface area (Å²) in [6, 6.07) is 45.4. The number of carbonyl (C=O) groups excluding carboxylic acids is 12. The molecule has 7 aromatic rings. The lowest BCUT2D eigenvalue weighted by Crippen LogP contribution is -2.55. The number of nitrogens with two attached hydrogens (primary N) is 1. The molecule has 6 aromatic carbocycles. The summed E-state index contributed by atoms with van der Waals surface area (Å²) in [5.41, 5.74) is 14.3. The number of hydrogen-bond acceptors (Lipinski definition) is 19. The minimum absolute atomic E-state index is 0.0147. The number of methoxy groups -OCH3 is 2. The van der Waals surface area contributed by atoms with Crippen LogP contribution in [0.1, 0.15) is 202 Å². The Morgan fingerprint density at radius 2 is 1.16 bits per heavy atom. The second kappa shape index (κ2) is 47.5. The van der Waals surface area contributed by atoms with Gasteiger partial charge in [0.05, 0.1) is 53.8 Å². The molecule has 686 valence electrons. The maximum atomic E-state index is 15.0. The van der Waals surface area contributed by atoms with E-state index in [1.165, 1.54) is 32.3 Å². The molecule has 1 aliphatic heterocycles. The lowest BCUT2D eigenvalue weighted by molar-refractivity contribution is -0.149. The van der Waals surface area contributed by atoms with Crippen LogP contribution in [0, 0.1) is 41.4 Å². The average molecular weight is 1770 g/mol. The van der Waals surface area contributed by atoms with E-state index in [-0.39, 0.29) is 138 Å². The second-order valence-corrected chi connectivity index (χ2v) is 36.3. The normalized spacial score (nSPS) is 15.8. The van der Waals surface area contributed by atoms with Crippen LogP contribution in [-0.4, -0.2) is 182 Å². The zero-order valence-electron chi connectivity index (χ0n) is 75.9. The Morgan fingerprint density at radius 1 is 0.594 bits per heavy atom. The number of primary amides is 1. The van der Waals surface area contributed by atoms with Crippen molar-refractivity contribution in [3.05, 3.63) is 202 Å². The van der Waals surface area contributed by atoms with Crippen molar-refractivity contribution in [1.82, 2.24) is 41.4 Å². The molecule has 0 spiro atoms. The topological polar surface area (TPSA) is 369 Å². The van der Waals surface area contributed by atoms with Gasteiger partial charge in [-0.05, 0) is 144 Å². The molecule has 0 bridgehead atoms. The van der Waals surface area contributed by atoms with E-state index in [0.29, 0.717) is 56.3 Å². The Balaban J connectivity index is 0.717. The van der Waals surface area contributed by atoms with E-state index in [9.17, 15) is 57.5 Å². The molecule has 27 nitrogen and oxygen atoms in total. The van der Waals surface area contributed by atoms with Gasteiger partial charge >= 0.3 is 24.3 Å². The number of benzene rings is 6. The number of fused-ring (bicyclic) bond motifs is 6. The van der Waals surface area contributed by atoms with Crippen LogP contribution in [-0.2, 0) is 75.1 Å². The molecular weight excluding hydrogens is 1650 g/mol. The number of likely N-dealkylation sites (N-methyl/N-ethyl adjacent to an activating group) is 1. The summed E-state index contributed by atoms with van der Waals surface area (Å²) in [6.07, 6.45) is 1.26. The summed E-state index contributed by atoms with van der Waals surface area (Å²) in [5.74, 6) is -7.90. The fourth-order valence-electron chi connectivity index (χ4n) is 18.1. The summed E-state index contributed by atoms with van der Waals surface area (Å²) in [7, 11) is 4.79. The molecule has 128 heavy (non-hydrogen) atoms. The molecule has 1 saturated heterocycles. The minimum Gasteiger partial charge on any atom is -0.449 e. The quantitative estimate of drug-likeness (QED) is 0.0138. The van der Waals surface area contributed by atoms with Crippen molar-refractivity contribution in [1.29, 1.82) is 0 Å². The number of anilines is 1. The molecule has 0 radical (unpaired) electrons. The monoisotopic (exact) mass is 1770 g/mol. The Bertz CT molecular complexity index is 4860. The summed E-state index contributed by atoms with van der Waals surface area (Å²) < 4.78 is 29.4. The zero-order valence-corrected chi connectivity index (χ0v) is 76.7. The lowest BCUT2D eigenvalue weighted by atomic mass is 9.83. The molecule has 0 unspecified atom stereocenters. The highest BCUT2D eigenvalue weighted by atomic mass is 32.1. The fourth-order valence-corrected chi connectivity index (χ4v) is 18.8. The molecule has 1 fully saturated rings. The first-order chi connectivity index (χ1) is 61.4. The molecule has 0 saturated carbocycles. The average Bonchev–Trinajstić information content (AvgIpc) is 1.61. The van der Waals surface area contributed by atoms with Gasteiger partial charge in [-0.25, -0.2) is 24.2 Å². The minimum atomic E-state index is -1.51. The van der Waals surface area contributed by atoms with Crippen LogP contribution in [0.3, 0.4) is 0 Å². The summed E-state index contributed by atoms with van der Waals surface area (Å²) >= 11 is 1.53. The van der Waals surface area contributed by atoms with E-state index in [2.05, 4.69) is 61.2 Å². The Morgan fingerprint density at radius 3 is 1.70 bits per heavy atom. The van der Waals surface area contributed by atoms with Crippen molar-refractivity contribution >= 4 is 88.1 Å². The standard InChI is InChI=1S/C100H128N10O17S/c1-13-63(6)90(86(123-11)56-88(115)110-49-28-41-83(110)91(124-12)64(7)84(112)54-69(94-102-48-50-128-94)51-65-29-15-14-16-30-65)109(10)95(118)80(61(2)3)55-87(114)100(8,9)108-99(122)125-58-66-42-44-70(45-43-66)106-92(116)68(32-27-47-103-96(101)119)53-85(113)89(62(4)5)107-93(117)67(31-25-26-46-104-97(120)126-59-81-76-37-21-17-33-72(76)73-34-18-22-38-77(73)81)52-71(111)57-105-98(121)127-60-82-78-39-23-19-35-74(78)75-36-20-24-40-79(75)82/h14-24,29-30,33-40,42-45,48,50,61-64,67-69,80-83,86,89-91H,13,25-28,31-32,41,46-47,49,51-60H2,1-12H3,(H,104,120)(H,105,121)(H,106,116)(H,107,117)(H,108,122)(H3,101,103,119)/t63-,64-,67+,68+,69+,80-,83-,86+,89-,90-,91+/m0/s1. The number of likely N-dealkylation sites (tertiary alicyclic amines) is 1. The number of thiazole rings is 1. The van der Waals surface area contributed by atoms with E-state index in [4.69, 9.17) is 29.4 Å². The van der Waals surface area contributed by atoms with E-state index in [1.54, 1.807) is 63.4 Å². The van der Waals surface area contributed by atoms with Gasteiger partial charge in [0, 0.05) is 125 Å². The van der Waals surface area contributed by atoms with Crippen LogP contribution in [0.5, 0.6) is 0 Å². The molecule has 1 aromatic heterocycles. The Labute approximate surface area is 756 Å². The van der Waals surface area contributed by atoms with Crippen molar-refractivity contribution < 1.29 is 81.2 Å². The van der Waals surface area contributed by atoms with E-state index in [1.807, 2.05) is 148 Å². The van der Waals surface area contributed by atoms with Crippen LogP contribution < -0.4 is 37.6 Å². The van der Waals surface area contributed by atoms with Gasteiger partial charge in [0.2, 0.25) is 23.6 Å². The predicted molar refractivity (Wildman–Crippen MR) is 491 cm³/mol. The van der Waals surface area contributed by atoms with Gasteiger partial charge in [0.1, 0.15) is 25.6 Å². The van der Waals surface area contributed by atoms with Gasteiger partial charge in [0.15, 0.2) is 17.3 Å².